The number of nitrogens with zero attached hydrogens (tertiary/aromatic N) is 4. The molecule has 1 aromatic heterocycles. The van der Waals surface area contributed by atoms with Crippen LogP contribution < -0.4 is 10.1 Å². The number of ether oxygens (including phenoxy) is 3. The number of aromatic nitrogens is 2. The molecule has 1 aromatic carbocycles. The molecule has 12 heteroatoms. The van der Waals surface area contributed by atoms with E-state index in [0.717, 1.165) is 19.2 Å². The van der Waals surface area contributed by atoms with E-state index in [9.17, 15) is 9.90 Å². The molecular formula is C23H23ClFN5O5. The van der Waals surface area contributed by atoms with Gasteiger partial charge in [-0.1, -0.05) is 11.6 Å². The highest BCUT2D eigenvalue weighted by atomic mass is 35.5. The highest BCUT2D eigenvalue weighted by molar-refractivity contribution is 6.33. The van der Waals surface area contributed by atoms with E-state index < -0.39 is 41.0 Å². The van der Waals surface area contributed by atoms with Crippen LogP contribution >= 0.6 is 11.6 Å². The van der Waals surface area contributed by atoms with Crippen molar-refractivity contribution in [2.45, 2.75) is 31.2 Å². The van der Waals surface area contributed by atoms with Gasteiger partial charge in [-0.05, 0) is 38.0 Å². The summed E-state index contributed by atoms with van der Waals surface area (Å²) in [7, 11) is 0. The topological polar surface area (TPSA) is 130 Å². The van der Waals surface area contributed by atoms with Crippen molar-refractivity contribution in [3.8, 4) is 11.9 Å². The number of hydrogen-bond donors (Lipinski definition) is 2. The molecule has 2 bridgehead atoms. The van der Waals surface area contributed by atoms with E-state index in [1.165, 1.54) is 23.1 Å². The number of nitriles is 1. The van der Waals surface area contributed by atoms with Crippen molar-refractivity contribution in [1.29, 1.82) is 5.26 Å². The van der Waals surface area contributed by atoms with Crippen LogP contribution in [0.2, 0.25) is 5.02 Å². The molecule has 0 spiro atoms. The number of piperidine rings is 1. The maximum atomic E-state index is 15.3. The van der Waals surface area contributed by atoms with Crippen molar-refractivity contribution in [2.75, 3.05) is 31.6 Å². The number of carbonyl (C=O) groups excluding carboxylic acids is 1. The summed E-state index contributed by atoms with van der Waals surface area (Å²) in [4.78, 5) is 21.9. The van der Waals surface area contributed by atoms with Crippen LogP contribution in [0.25, 0.3) is 0 Å². The van der Waals surface area contributed by atoms with Gasteiger partial charge in [-0.15, -0.1) is 0 Å². The van der Waals surface area contributed by atoms with Crippen molar-refractivity contribution in [2.24, 2.45) is 11.8 Å². The van der Waals surface area contributed by atoms with Gasteiger partial charge in [0.2, 0.25) is 11.6 Å². The van der Waals surface area contributed by atoms with Gasteiger partial charge in [-0.2, -0.15) is 14.6 Å². The van der Waals surface area contributed by atoms with Gasteiger partial charge >= 0.3 is 6.09 Å². The molecule has 2 aromatic rings. The third-order valence-electron chi connectivity index (χ3n) is 6.60. The van der Waals surface area contributed by atoms with Crippen molar-refractivity contribution in [3.63, 3.8) is 0 Å². The fourth-order valence-corrected chi connectivity index (χ4v) is 4.48. The Morgan fingerprint density at radius 3 is 2.69 bits per heavy atom. The number of halogens is 2. The molecule has 1 unspecified atom stereocenters. The van der Waals surface area contributed by atoms with Crippen LogP contribution in [0, 0.1) is 29.0 Å². The van der Waals surface area contributed by atoms with Gasteiger partial charge in [0.15, 0.2) is 5.82 Å². The second-order valence-corrected chi connectivity index (χ2v) is 9.69. The summed E-state index contributed by atoms with van der Waals surface area (Å²) in [5, 5.41) is 23.4. The molecule has 1 aliphatic carbocycles. The molecule has 1 amide bonds. The molecule has 10 nitrogen and oxygen atoms in total. The van der Waals surface area contributed by atoms with Crippen LogP contribution in [0.15, 0.2) is 24.5 Å². The number of aliphatic hydroxyl groups is 1. The molecule has 35 heavy (non-hydrogen) atoms. The van der Waals surface area contributed by atoms with Crippen molar-refractivity contribution < 1.29 is 28.5 Å². The Bertz CT molecular complexity index is 1190. The fourth-order valence-electron chi connectivity index (χ4n) is 4.25. The molecule has 5 rings (SSSR count). The zero-order chi connectivity index (χ0) is 24.8. The molecule has 2 saturated heterocycles. The van der Waals surface area contributed by atoms with Crippen molar-refractivity contribution >= 4 is 29.2 Å². The average Bonchev–Trinajstić information content (AvgIpc) is 3.53. The molecule has 0 radical (unpaired) electrons. The smallest absolute Gasteiger partial charge is 0.410 e. The van der Waals surface area contributed by atoms with E-state index in [1.54, 1.807) is 0 Å². The Morgan fingerprint density at radius 1 is 1.34 bits per heavy atom. The molecule has 2 N–H and O–H groups in total. The maximum absolute atomic E-state index is 15.3. The lowest BCUT2D eigenvalue weighted by Crippen LogP contribution is -2.67. The highest BCUT2D eigenvalue weighted by Gasteiger charge is 2.56. The SMILES string of the molecule is CC1(OC(=O)N2C[C@H]3COC[C@@H](C2)C3(O)Oc2ncnc(Nc3ccc(C#N)cc3Cl)c2F)CC1. The standard InChI is InChI=1S/C23H23ClFN5O5/c1-22(4-5-22)35-21(31)30-8-14-10-33-11-15(9-30)23(14,32)34-20-18(25)19(27-12-28-20)29-17-3-2-13(7-26)6-16(17)24/h2-3,6,12,14-15,32H,4-5,8-11H2,1H3,(H,27,28,29)/t14-,15+,23?. The molecule has 3 heterocycles. The minimum atomic E-state index is -1.81. The lowest BCUT2D eigenvalue weighted by molar-refractivity contribution is -0.283. The molecule has 3 fully saturated rings. The van der Waals surface area contributed by atoms with Gasteiger partial charge < -0.3 is 29.5 Å². The monoisotopic (exact) mass is 503 g/mol. The van der Waals surface area contributed by atoms with E-state index in [-0.39, 0.29) is 37.1 Å². The number of anilines is 2. The largest absolute Gasteiger partial charge is 0.443 e. The molecule has 3 atom stereocenters. The van der Waals surface area contributed by atoms with E-state index >= 15 is 4.39 Å². The van der Waals surface area contributed by atoms with Gasteiger partial charge in [0, 0.05) is 13.1 Å². The Labute approximate surface area is 205 Å². The summed E-state index contributed by atoms with van der Waals surface area (Å²) in [6, 6.07) is 6.45. The van der Waals surface area contributed by atoms with E-state index in [4.69, 9.17) is 31.1 Å². The number of nitrogens with one attached hydrogen (secondary N) is 1. The predicted molar refractivity (Wildman–Crippen MR) is 121 cm³/mol. The molecule has 2 aliphatic heterocycles. The zero-order valence-corrected chi connectivity index (χ0v) is 19.6. The first kappa shape index (κ1) is 23.5. The lowest BCUT2D eigenvalue weighted by Gasteiger charge is -2.51. The number of rotatable bonds is 5. The number of hydrogen-bond acceptors (Lipinski definition) is 9. The van der Waals surface area contributed by atoms with Gasteiger partial charge in [0.25, 0.3) is 5.88 Å². The lowest BCUT2D eigenvalue weighted by atomic mass is 9.81. The summed E-state index contributed by atoms with van der Waals surface area (Å²) in [6.45, 7) is 2.37. The van der Waals surface area contributed by atoms with Gasteiger partial charge in [0.1, 0.15) is 11.9 Å². The zero-order valence-electron chi connectivity index (χ0n) is 18.8. The summed E-state index contributed by atoms with van der Waals surface area (Å²) in [6.07, 6.45) is 2.30. The molecule has 1 saturated carbocycles. The summed E-state index contributed by atoms with van der Waals surface area (Å²) in [5.74, 6) is -4.69. The van der Waals surface area contributed by atoms with Crippen LogP contribution in [0.3, 0.4) is 0 Å². The summed E-state index contributed by atoms with van der Waals surface area (Å²) >= 11 is 6.17. The van der Waals surface area contributed by atoms with E-state index in [2.05, 4.69) is 15.3 Å². The van der Waals surface area contributed by atoms with Gasteiger partial charge in [-0.3, -0.25) is 0 Å². The number of carbonyl (C=O) groups is 1. The van der Waals surface area contributed by atoms with Crippen LogP contribution in [0.1, 0.15) is 25.3 Å². The molecule has 184 valence electrons. The summed E-state index contributed by atoms with van der Waals surface area (Å²) < 4.78 is 32.2. The van der Waals surface area contributed by atoms with Gasteiger partial charge in [-0.25, -0.2) is 9.78 Å². The Balaban J connectivity index is 1.34. The maximum Gasteiger partial charge on any atom is 0.410 e. The predicted octanol–water partition coefficient (Wildman–Crippen LogP) is 3.22. The normalized spacial score (nSPS) is 26.4. The first-order valence-electron chi connectivity index (χ1n) is 11.1. The number of fused-ring (bicyclic) bond motifs is 2. The van der Waals surface area contributed by atoms with E-state index in [0.29, 0.717) is 11.3 Å². The summed E-state index contributed by atoms with van der Waals surface area (Å²) in [5.41, 5.74) is 0.262. The van der Waals surface area contributed by atoms with Crippen LogP contribution in [0.5, 0.6) is 5.88 Å². The number of amides is 1. The molecule has 3 aliphatic rings. The van der Waals surface area contributed by atoms with E-state index in [1.807, 2.05) is 13.0 Å². The number of likely N-dealkylation sites (tertiary alicyclic amines) is 1. The van der Waals surface area contributed by atoms with Crippen LogP contribution in [-0.2, 0) is 9.47 Å². The molecular weight excluding hydrogens is 481 g/mol. The Morgan fingerprint density at radius 2 is 2.06 bits per heavy atom. The highest BCUT2D eigenvalue weighted by Crippen LogP contribution is 2.42. The fraction of sp³-hybridized carbons (Fsp3) is 0.478. The van der Waals surface area contributed by atoms with Gasteiger partial charge in [0.05, 0.1) is 47.4 Å². The third-order valence-corrected chi connectivity index (χ3v) is 6.92. The minimum Gasteiger partial charge on any atom is -0.443 e. The number of benzene rings is 1. The second kappa shape index (κ2) is 8.78. The van der Waals surface area contributed by atoms with Crippen molar-refractivity contribution in [1.82, 2.24) is 14.9 Å². The minimum absolute atomic E-state index is 0.118. The quantitative estimate of drug-likeness (QED) is 0.590. The first-order chi connectivity index (χ1) is 16.7. The van der Waals surface area contributed by atoms with Crippen molar-refractivity contribution in [3.05, 3.63) is 40.9 Å². The third kappa shape index (κ3) is 4.57. The Kier molecular flexibility index (Phi) is 5.91. The first-order valence-corrected chi connectivity index (χ1v) is 11.5. The van der Waals surface area contributed by atoms with Crippen LogP contribution in [0.4, 0.5) is 20.7 Å². The Hall–Kier alpha value is -3.20. The second-order valence-electron chi connectivity index (χ2n) is 9.28. The average molecular weight is 504 g/mol. The van der Waals surface area contributed by atoms with Crippen LogP contribution in [-0.4, -0.2) is 63.8 Å².